The van der Waals surface area contributed by atoms with Gasteiger partial charge in [-0.2, -0.15) is 0 Å². The molecule has 1 amide bonds. The second-order valence-electron chi connectivity index (χ2n) is 9.92. The van der Waals surface area contributed by atoms with Gasteiger partial charge in [-0.3, -0.25) is 4.79 Å². The number of nitrogens with zero attached hydrogens (tertiary/aromatic N) is 1. The zero-order valence-corrected chi connectivity index (χ0v) is 22.8. The lowest BCUT2D eigenvalue weighted by Gasteiger charge is -2.30. The maximum absolute atomic E-state index is 14.1. The molecule has 3 atom stereocenters. The number of allylic oxidation sites excluding steroid dienone is 3. The zero-order chi connectivity index (χ0) is 28.3. The number of hydrazine groups is 1. The first-order valence-corrected chi connectivity index (χ1v) is 13.0. The molecule has 0 aromatic heterocycles. The fraction of sp³-hybridized carbons (Fsp3) is 0.321. The van der Waals surface area contributed by atoms with E-state index in [9.17, 15) is 13.6 Å². The summed E-state index contributed by atoms with van der Waals surface area (Å²) in [5.41, 5.74) is 19.7. The maximum Gasteiger partial charge on any atom is 0.224 e. The summed E-state index contributed by atoms with van der Waals surface area (Å²) in [4.78, 5) is 13.1. The van der Waals surface area contributed by atoms with Crippen LogP contribution in [0.1, 0.15) is 43.1 Å². The van der Waals surface area contributed by atoms with Gasteiger partial charge in [-0.1, -0.05) is 30.7 Å². The van der Waals surface area contributed by atoms with Crippen molar-refractivity contribution in [2.45, 2.75) is 45.1 Å². The number of carbonyl (C=O) groups excluding carboxylic acids is 1. The summed E-state index contributed by atoms with van der Waals surface area (Å²) in [7, 11) is 1.85. The molecule has 0 saturated carbocycles. The Morgan fingerprint density at radius 1 is 1.18 bits per heavy atom. The highest BCUT2D eigenvalue weighted by atomic mass is 35.5. The first-order chi connectivity index (χ1) is 18.5. The lowest BCUT2D eigenvalue weighted by Crippen LogP contribution is -2.45. The van der Waals surface area contributed by atoms with Crippen LogP contribution in [0.25, 0.3) is 5.57 Å². The van der Waals surface area contributed by atoms with Crippen LogP contribution in [-0.4, -0.2) is 25.2 Å². The summed E-state index contributed by atoms with van der Waals surface area (Å²) in [6.45, 7) is 3.74. The monoisotopic (exact) mass is 557 g/mol. The lowest BCUT2D eigenvalue weighted by atomic mass is 9.83. The van der Waals surface area contributed by atoms with Crippen molar-refractivity contribution < 1.29 is 13.6 Å². The van der Waals surface area contributed by atoms with Gasteiger partial charge in [0, 0.05) is 59.3 Å². The van der Waals surface area contributed by atoms with Crippen LogP contribution < -0.4 is 37.9 Å². The summed E-state index contributed by atoms with van der Waals surface area (Å²) in [6, 6.07) is 6.55. The molecule has 208 valence electrons. The largest absolute Gasteiger partial charge is 0.402 e. The quantitative estimate of drug-likeness (QED) is 0.261. The van der Waals surface area contributed by atoms with Crippen LogP contribution in [-0.2, 0) is 11.2 Å². The van der Waals surface area contributed by atoms with Crippen LogP contribution in [0.2, 0.25) is 5.02 Å². The number of anilines is 1. The van der Waals surface area contributed by atoms with E-state index in [-0.39, 0.29) is 30.8 Å². The maximum atomic E-state index is 14.1. The molecule has 11 heteroatoms. The third kappa shape index (κ3) is 6.70. The number of halogens is 3. The fourth-order valence-electron chi connectivity index (χ4n) is 5.02. The van der Waals surface area contributed by atoms with E-state index in [2.05, 4.69) is 21.4 Å². The molecule has 2 aromatic rings. The van der Waals surface area contributed by atoms with Crippen LogP contribution >= 0.6 is 11.6 Å². The molecular formula is C28H34ClF2N7O. The molecule has 0 fully saturated rings. The van der Waals surface area contributed by atoms with Crippen molar-refractivity contribution in [3.05, 3.63) is 93.9 Å². The van der Waals surface area contributed by atoms with Gasteiger partial charge in [0.05, 0.1) is 12.1 Å². The predicted molar refractivity (Wildman–Crippen MR) is 151 cm³/mol. The summed E-state index contributed by atoms with van der Waals surface area (Å²) in [5.74, 6) is -1.90. The highest BCUT2D eigenvalue weighted by molar-refractivity contribution is 6.32. The molecule has 0 aliphatic carbocycles. The first-order valence-electron chi connectivity index (χ1n) is 12.7. The predicted octanol–water partition coefficient (Wildman–Crippen LogP) is 3.52. The molecule has 0 saturated heterocycles. The van der Waals surface area contributed by atoms with E-state index in [1.807, 2.05) is 31.1 Å². The summed E-state index contributed by atoms with van der Waals surface area (Å²) < 4.78 is 28.2. The Hall–Kier alpha value is -3.60. The lowest BCUT2D eigenvalue weighted by molar-refractivity contribution is -0.122. The number of benzene rings is 2. The standard InChI is InChI=1S/C28H34ClF2N7O/c1-15(32)4-5-20(21-6-7-22(29)26-27(21)38(3)37-28(26)33)16(2)23(12-17-10-18(30)13-19(31)11-17)36-25(39)14-24-34-8-9-35-24/h4-11,13,16,23-24,28,34-35,37H,12,14,32-33H2,1-3H3,(H,36,39)/b15-4-,20-5+/t16?,23-,28?/m0/s1. The molecule has 4 rings (SSSR count). The number of fused-ring (bicyclic) bond motifs is 1. The molecule has 2 aliphatic heterocycles. The molecule has 0 bridgehead atoms. The van der Waals surface area contributed by atoms with Gasteiger partial charge in [0.2, 0.25) is 5.91 Å². The Morgan fingerprint density at radius 2 is 1.85 bits per heavy atom. The number of carbonyl (C=O) groups is 1. The molecule has 2 heterocycles. The smallest absolute Gasteiger partial charge is 0.224 e. The van der Waals surface area contributed by atoms with E-state index in [4.69, 9.17) is 23.1 Å². The van der Waals surface area contributed by atoms with E-state index < -0.39 is 23.8 Å². The second kappa shape index (κ2) is 12.1. The first kappa shape index (κ1) is 28.4. The van der Waals surface area contributed by atoms with Crippen molar-refractivity contribution in [3.8, 4) is 0 Å². The van der Waals surface area contributed by atoms with Gasteiger partial charge in [0.1, 0.15) is 24.0 Å². The van der Waals surface area contributed by atoms with Crippen molar-refractivity contribution in [1.29, 1.82) is 0 Å². The summed E-state index contributed by atoms with van der Waals surface area (Å²) >= 11 is 6.52. The average Bonchev–Trinajstić information content (AvgIpc) is 3.46. The Morgan fingerprint density at radius 3 is 2.49 bits per heavy atom. The van der Waals surface area contributed by atoms with Crippen LogP contribution in [0.3, 0.4) is 0 Å². The Bertz CT molecular complexity index is 1300. The highest BCUT2D eigenvalue weighted by Crippen LogP contribution is 2.43. The average molecular weight is 558 g/mol. The van der Waals surface area contributed by atoms with Gasteiger partial charge in [-0.05, 0) is 48.8 Å². The molecular weight excluding hydrogens is 524 g/mol. The normalized spacial score (nSPS) is 18.9. The molecule has 8 N–H and O–H groups in total. The van der Waals surface area contributed by atoms with Crippen molar-refractivity contribution in [2.75, 3.05) is 12.1 Å². The molecule has 0 radical (unpaired) electrons. The van der Waals surface area contributed by atoms with Gasteiger partial charge in [0.15, 0.2) is 0 Å². The van der Waals surface area contributed by atoms with Gasteiger partial charge in [0.25, 0.3) is 0 Å². The summed E-state index contributed by atoms with van der Waals surface area (Å²) in [5, 5.41) is 11.6. The summed E-state index contributed by atoms with van der Waals surface area (Å²) in [6.07, 6.45) is 6.75. The Balaban J connectivity index is 1.75. The number of amides is 1. The van der Waals surface area contributed by atoms with Crippen LogP contribution in [0.5, 0.6) is 0 Å². The van der Waals surface area contributed by atoms with E-state index in [1.54, 1.807) is 31.5 Å². The zero-order valence-electron chi connectivity index (χ0n) is 22.1. The van der Waals surface area contributed by atoms with E-state index in [0.29, 0.717) is 16.3 Å². The molecule has 39 heavy (non-hydrogen) atoms. The van der Waals surface area contributed by atoms with Crippen LogP contribution in [0.15, 0.2) is 60.6 Å². The fourth-order valence-corrected chi connectivity index (χ4v) is 5.29. The Labute approximate surface area is 232 Å². The van der Waals surface area contributed by atoms with Gasteiger partial charge in [-0.25, -0.2) is 14.2 Å². The minimum absolute atomic E-state index is 0.159. The highest BCUT2D eigenvalue weighted by Gasteiger charge is 2.32. The van der Waals surface area contributed by atoms with E-state index in [0.717, 1.165) is 28.5 Å². The van der Waals surface area contributed by atoms with E-state index in [1.165, 1.54) is 12.1 Å². The van der Waals surface area contributed by atoms with Crippen molar-refractivity contribution in [3.63, 3.8) is 0 Å². The minimum Gasteiger partial charge on any atom is -0.402 e. The van der Waals surface area contributed by atoms with Crippen LogP contribution in [0, 0.1) is 17.6 Å². The SMILES string of the molecule is C/C(N)=C/C=C(/c1ccc(Cl)c2c1N(C)NC2N)C(C)[C@H](Cc1cc(F)cc(F)c1)NC(=O)CC1NC=CN1. The number of rotatable bonds is 9. The minimum atomic E-state index is -0.678. The van der Waals surface area contributed by atoms with Crippen LogP contribution in [0.4, 0.5) is 14.5 Å². The molecule has 0 spiro atoms. The van der Waals surface area contributed by atoms with Gasteiger partial charge < -0.3 is 32.4 Å². The molecule has 8 nitrogen and oxygen atoms in total. The van der Waals surface area contributed by atoms with Crippen molar-refractivity contribution in [1.82, 2.24) is 21.4 Å². The number of nitrogens with two attached hydrogens (primary N) is 2. The third-order valence-corrected chi connectivity index (χ3v) is 7.20. The van der Waals surface area contributed by atoms with Crippen molar-refractivity contribution in [2.24, 2.45) is 17.4 Å². The number of hydrogen-bond donors (Lipinski definition) is 6. The number of nitrogens with one attached hydrogen (secondary N) is 4. The molecule has 2 aromatic carbocycles. The molecule has 2 unspecified atom stereocenters. The number of hydrogen-bond acceptors (Lipinski definition) is 7. The van der Waals surface area contributed by atoms with Gasteiger partial charge in [-0.15, -0.1) is 0 Å². The molecule has 2 aliphatic rings. The topological polar surface area (TPSA) is 120 Å². The van der Waals surface area contributed by atoms with Crippen molar-refractivity contribution >= 4 is 28.8 Å². The van der Waals surface area contributed by atoms with Gasteiger partial charge >= 0.3 is 0 Å². The Kier molecular flexibility index (Phi) is 8.79. The third-order valence-electron chi connectivity index (χ3n) is 6.87. The van der Waals surface area contributed by atoms with E-state index >= 15 is 0 Å². The second-order valence-corrected chi connectivity index (χ2v) is 10.3.